The first kappa shape index (κ1) is 13.6. The molecule has 1 aliphatic heterocycles. The Bertz CT molecular complexity index is 413. The molecule has 2 atom stereocenters. The second kappa shape index (κ2) is 5.41. The average Bonchev–Trinajstić information content (AvgIpc) is 2.76. The van der Waals surface area contributed by atoms with E-state index in [1.54, 1.807) is 0 Å². The molecule has 2 rings (SSSR count). The largest absolute Gasteiger partial charge is 0.330 e. The van der Waals surface area contributed by atoms with Crippen LogP contribution >= 0.6 is 0 Å². The summed E-state index contributed by atoms with van der Waals surface area (Å²) in [6, 6.07) is 5.23. The van der Waals surface area contributed by atoms with Crippen LogP contribution in [0, 0.1) is 26.7 Å². The molecular formula is C16H26N2. The second-order valence-corrected chi connectivity index (χ2v) is 5.65. The van der Waals surface area contributed by atoms with Gasteiger partial charge in [0.1, 0.15) is 0 Å². The van der Waals surface area contributed by atoms with Crippen molar-refractivity contribution in [3.05, 3.63) is 34.4 Å². The predicted octanol–water partition coefficient (Wildman–Crippen LogP) is 2.95. The molecule has 1 aromatic rings. The minimum atomic E-state index is 0.527. The molecular weight excluding hydrogens is 220 g/mol. The molecule has 1 fully saturated rings. The molecule has 0 saturated carbocycles. The molecule has 18 heavy (non-hydrogen) atoms. The van der Waals surface area contributed by atoms with E-state index in [-0.39, 0.29) is 0 Å². The number of hydrogen-bond acceptors (Lipinski definition) is 2. The standard InChI is InChI=1S/C16H26N2/c1-5-18-7-6-14(10-17)16(18)15-9-12(3)11(2)8-13(15)4/h8-9,14,16H,5-7,10,17H2,1-4H3. The highest BCUT2D eigenvalue weighted by Crippen LogP contribution is 2.38. The quantitative estimate of drug-likeness (QED) is 0.888. The third-order valence-electron chi connectivity index (χ3n) is 4.54. The Morgan fingerprint density at radius 3 is 2.44 bits per heavy atom. The summed E-state index contributed by atoms with van der Waals surface area (Å²) in [5.41, 5.74) is 11.7. The lowest BCUT2D eigenvalue weighted by Crippen LogP contribution is -2.28. The zero-order chi connectivity index (χ0) is 13.3. The maximum atomic E-state index is 5.97. The lowest BCUT2D eigenvalue weighted by atomic mass is 9.88. The van der Waals surface area contributed by atoms with E-state index in [0.29, 0.717) is 12.0 Å². The smallest absolute Gasteiger partial charge is 0.0391 e. The van der Waals surface area contributed by atoms with Crippen LogP contribution in [0.2, 0.25) is 0 Å². The number of nitrogens with zero attached hydrogens (tertiary/aromatic N) is 1. The van der Waals surface area contributed by atoms with Crippen molar-refractivity contribution < 1.29 is 0 Å². The van der Waals surface area contributed by atoms with Crippen molar-refractivity contribution in [1.29, 1.82) is 0 Å². The summed E-state index contributed by atoms with van der Waals surface area (Å²) in [5, 5.41) is 0. The van der Waals surface area contributed by atoms with Crippen LogP contribution in [0.4, 0.5) is 0 Å². The summed E-state index contributed by atoms with van der Waals surface area (Å²) >= 11 is 0. The first-order valence-corrected chi connectivity index (χ1v) is 7.10. The van der Waals surface area contributed by atoms with Crippen LogP contribution in [-0.2, 0) is 0 Å². The summed E-state index contributed by atoms with van der Waals surface area (Å²) in [4.78, 5) is 2.58. The van der Waals surface area contributed by atoms with Gasteiger partial charge in [0, 0.05) is 6.04 Å². The van der Waals surface area contributed by atoms with Gasteiger partial charge in [0.05, 0.1) is 0 Å². The maximum Gasteiger partial charge on any atom is 0.0391 e. The Morgan fingerprint density at radius 1 is 1.17 bits per heavy atom. The highest BCUT2D eigenvalue weighted by molar-refractivity contribution is 5.39. The van der Waals surface area contributed by atoms with Gasteiger partial charge >= 0.3 is 0 Å². The topological polar surface area (TPSA) is 29.3 Å². The third kappa shape index (κ3) is 2.32. The molecule has 0 bridgehead atoms. The Hall–Kier alpha value is -0.860. The van der Waals surface area contributed by atoms with Gasteiger partial charge in [0.15, 0.2) is 0 Å². The van der Waals surface area contributed by atoms with Gasteiger partial charge in [0.2, 0.25) is 0 Å². The molecule has 0 aliphatic carbocycles. The van der Waals surface area contributed by atoms with Crippen molar-refractivity contribution in [3.63, 3.8) is 0 Å². The highest BCUT2D eigenvalue weighted by atomic mass is 15.2. The monoisotopic (exact) mass is 246 g/mol. The summed E-state index contributed by atoms with van der Waals surface area (Å²) in [7, 11) is 0. The number of rotatable bonds is 3. The van der Waals surface area contributed by atoms with Crippen molar-refractivity contribution in [1.82, 2.24) is 4.90 Å². The Labute approximate surface area is 111 Å². The van der Waals surface area contributed by atoms with E-state index in [9.17, 15) is 0 Å². The average molecular weight is 246 g/mol. The lowest BCUT2D eigenvalue weighted by Gasteiger charge is -2.29. The van der Waals surface area contributed by atoms with Crippen molar-refractivity contribution >= 4 is 0 Å². The van der Waals surface area contributed by atoms with E-state index in [4.69, 9.17) is 5.73 Å². The van der Waals surface area contributed by atoms with Crippen LogP contribution in [0.3, 0.4) is 0 Å². The van der Waals surface area contributed by atoms with Crippen molar-refractivity contribution in [3.8, 4) is 0 Å². The minimum absolute atomic E-state index is 0.527. The summed E-state index contributed by atoms with van der Waals surface area (Å²) in [6.07, 6.45) is 1.24. The molecule has 0 spiro atoms. The van der Waals surface area contributed by atoms with E-state index in [1.807, 2.05) is 0 Å². The zero-order valence-corrected chi connectivity index (χ0v) is 12.2. The van der Waals surface area contributed by atoms with Gasteiger partial charge in [0.25, 0.3) is 0 Å². The molecule has 0 aromatic heterocycles. The zero-order valence-electron chi connectivity index (χ0n) is 12.2. The van der Waals surface area contributed by atoms with Crippen LogP contribution in [-0.4, -0.2) is 24.5 Å². The van der Waals surface area contributed by atoms with E-state index in [0.717, 1.165) is 13.1 Å². The molecule has 100 valence electrons. The van der Waals surface area contributed by atoms with E-state index < -0.39 is 0 Å². The Balaban J connectivity index is 2.42. The second-order valence-electron chi connectivity index (χ2n) is 5.65. The van der Waals surface area contributed by atoms with Gasteiger partial charge in [-0.15, -0.1) is 0 Å². The fourth-order valence-electron chi connectivity index (χ4n) is 3.28. The normalized spacial score (nSPS) is 24.7. The van der Waals surface area contributed by atoms with E-state index >= 15 is 0 Å². The van der Waals surface area contributed by atoms with Gasteiger partial charge in [-0.3, -0.25) is 4.90 Å². The van der Waals surface area contributed by atoms with Gasteiger partial charge < -0.3 is 5.73 Å². The molecule has 2 heteroatoms. The molecule has 2 N–H and O–H groups in total. The van der Waals surface area contributed by atoms with Gasteiger partial charge in [-0.2, -0.15) is 0 Å². The SMILES string of the molecule is CCN1CCC(CN)C1c1cc(C)c(C)cc1C. The molecule has 1 aromatic carbocycles. The number of nitrogens with two attached hydrogens (primary N) is 1. The van der Waals surface area contributed by atoms with Crippen molar-refractivity contribution in [2.75, 3.05) is 19.6 Å². The predicted molar refractivity (Wildman–Crippen MR) is 77.8 cm³/mol. The van der Waals surface area contributed by atoms with Crippen LogP contribution in [0.15, 0.2) is 12.1 Å². The molecule has 2 unspecified atom stereocenters. The molecule has 1 aliphatic rings. The lowest BCUT2D eigenvalue weighted by molar-refractivity contribution is 0.241. The van der Waals surface area contributed by atoms with Crippen LogP contribution in [0.25, 0.3) is 0 Å². The molecule has 0 radical (unpaired) electrons. The highest BCUT2D eigenvalue weighted by Gasteiger charge is 2.34. The number of aryl methyl sites for hydroxylation is 3. The fourth-order valence-corrected chi connectivity index (χ4v) is 3.28. The van der Waals surface area contributed by atoms with Gasteiger partial charge in [-0.1, -0.05) is 19.1 Å². The number of likely N-dealkylation sites (tertiary alicyclic amines) is 1. The van der Waals surface area contributed by atoms with Gasteiger partial charge in [-0.05, 0) is 75.0 Å². The fraction of sp³-hybridized carbons (Fsp3) is 0.625. The minimum Gasteiger partial charge on any atom is -0.330 e. The van der Waals surface area contributed by atoms with Crippen molar-refractivity contribution in [2.24, 2.45) is 11.7 Å². The molecule has 1 saturated heterocycles. The summed E-state index contributed by atoms with van der Waals surface area (Å²) in [5.74, 6) is 0.616. The Kier molecular flexibility index (Phi) is 4.08. The summed E-state index contributed by atoms with van der Waals surface area (Å²) < 4.78 is 0. The molecule has 1 heterocycles. The van der Waals surface area contributed by atoms with Crippen LogP contribution in [0.5, 0.6) is 0 Å². The third-order valence-corrected chi connectivity index (χ3v) is 4.54. The van der Waals surface area contributed by atoms with Crippen molar-refractivity contribution in [2.45, 2.75) is 40.2 Å². The first-order valence-electron chi connectivity index (χ1n) is 7.10. The Morgan fingerprint density at radius 2 is 1.83 bits per heavy atom. The molecule has 0 amide bonds. The summed E-state index contributed by atoms with van der Waals surface area (Å²) in [6.45, 7) is 12.0. The number of benzene rings is 1. The maximum absolute atomic E-state index is 5.97. The van der Waals surface area contributed by atoms with E-state index in [2.05, 4.69) is 44.7 Å². The van der Waals surface area contributed by atoms with E-state index in [1.165, 1.54) is 35.2 Å². The first-order chi connectivity index (χ1) is 8.58. The van der Waals surface area contributed by atoms with Crippen LogP contribution in [0.1, 0.15) is 41.6 Å². The van der Waals surface area contributed by atoms with Crippen LogP contribution < -0.4 is 5.73 Å². The number of hydrogen-bond donors (Lipinski definition) is 1. The molecule has 2 nitrogen and oxygen atoms in total. The van der Waals surface area contributed by atoms with Gasteiger partial charge in [-0.25, -0.2) is 0 Å².